The van der Waals surface area contributed by atoms with Gasteiger partial charge >= 0.3 is 0 Å². The molecule has 22 heavy (non-hydrogen) atoms. The Bertz CT molecular complexity index is 490. The molecule has 126 valence electrons. The minimum absolute atomic E-state index is 0.102. The quantitative estimate of drug-likeness (QED) is 0.801. The lowest BCUT2D eigenvalue weighted by molar-refractivity contribution is 0.0240. The highest BCUT2D eigenvalue weighted by Crippen LogP contribution is 2.34. The van der Waals surface area contributed by atoms with Crippen molar-refractivity contribution in [3.63, 3.8) is 0 Å². The molecule has 0 aliphatic carbocycles. The fourth-order valence-electron chi connectivity index (χ4n) is 3.50. The molecule has 0 saturated heterocycles. The van der Waals surface area contributed by atoms with Crippen LogP contribution in [0.1, 0.15) is 70.6 Å². The van der Waals surface area contributed by atoms with Gasteiger partial charge in [-0.2, -0.15) is 0 Å². The van der Waals surface area contributed by atoms with E-state index in [1.54, 1.807) is 6.07 Å². The van der Waals surface area contributed by atoms with Crippen LogP contribution in [0.15, 0.2) is 10.6 Å². The molecule has 0 aliphatic heterocycles. The lowest BCUT2D eigenvalue weighted by Gasteiger charge is -2.52. The number of carbonyl (C=O) groups excluding carboxylic acids is 1. The monoisotopic (exact) mass is 309 g/mol. The van der Waals surface area contributed by atoms with E-state index in [0.29, 0.717) is 5.69 Å². The molecule has 5 heteroatoms. The second-order valence-electron chi connectivity index (χ2n) is 6.36. The number of hydrogen-bond donors (Lipinski definition) is 1. The van der Waals surface area contributed by atoms with Gasteiger partial charge in [-0.1, -0.05) is 32.9 Å². The highest BCUT2D eigenvalue weighted by molar-refractivity contribution is 5.92. The van der Waals surface area contributed by atoms with Crippen LogP contribution in [-0.4, -0.2) is 40.6 Å². The Hall–Kier alpha value is -1.36. The maximum absolute atomic E-state index is 12.5. The smallest absolute Gasteiger partial charge is 0.273 e. The number of nitrogens with one attached hydrogen (secondary N) is 1. The predicted molar refractivity (Wildman–Crippen MR) is 89.0 cm³/mol. The van der Waals surface area contributed by atoms with Crippen molar-refractivity contribution in [2.75, 3.05) is 13.6 Å². The molecule has 0 aromatic carbocycles. The molecule has 1 rings (SSSR count). The Kier molecular flexibility index (Phi) is 6.17. The summed E-state index contributed by atoms with van der Waals surface area (Å²) >= 11 is 0. The molecular formula is C17H31N3O2. The third kappa shape index (κ3) is 3.35. The van der Waals surface area contributed by atoms with Crippen LogP contribution in [0.2, 0.25) is 0 Å². The summed E-state index contributed by atoms with van der Waals surface area (Å²) in [5.41, 5.74) is -0.136. The summed E-state index contributed by atoms with van der Waals surface area (Å²) in [5.74, 6) is 0.551. The van der Waals surface area contributed by atoms with Gasteiger partial charge in [0, 0.05) is 18.0 Å². The molecule has 0 saturated carbocycles. The Balaban J connectivity index is 3.02. The van der Waals surface area contributed by atoms with Gasteiger partial charge in [0.2, 0.25) is 0 Å². The molecule has 1 amide bonds. The molecule has 0 fully saturated rings. The van der Waals surface area contributed by atoms with E-state index >= 15 is 0 Å². The number of amides is 1. The minimum atomic E-state index is -0.385. The molecule has 1 aromatic rings. The summed E-state index contributed by atoms with van der Waals surface area (Å²) in [4.78, 5) is 14.9. The van der Waals surface area contributed by atoms with Crippen LogP contribution < -0.4 is 5.32 Å². The number of likely N-dealkylation sites (N-methyl/N-ethyl adjacent to an activating group) is 1. The van der Waals surface area contributed by atoms with Gasteiger partial charge in [-0.15, -0.1) is 0 Å². The average molecular weight is 309 g/mol. The third-order valence-corrected chi connectivity index (χ3v) is 5.10. The topological polar surface area (TPSA) is 58.4 Å². The molecule has 0 radical (unpaired) electrons. The second-order valence-corrected chi connectivity index (χ2v) is 6.36. The van der Waals surface area contributed by atoms with E-state index in [-0.39, 0.29) is 17.0 Å². The Morgan fingerprint density at radius 3 is 2.27 bits per heavy atom. The van der Waals surface area contributed by atoms with E-state index < -0.39 is 0 Å². The van der Waals surface area contributed by atoms with Crippen molar-refractivity contribution in [2.24, 2.45) is 0 Å². The zero-order valence-corrected chi connectivity index (χ0v) is 15.1. The molecule has 5 nitrogen and oxygen atoms in total. The average Bonchev–Trinajstić information content (AvgIpc) is 2.97. The van der Waals surface area contributed by atoms with Gasteiger partial charge in [0.1, 0.15) is 5.76 Å². The largest absolute Gasteiger partial charge is 0.361 e. The number of hydrogen-bond acceptors (Lipinski definition) is 4. The summed E-state index contributed by atoms with van der Waals surface area (Å²) in [6.07, 6.45) is 2.65. The summed E-state index contributed by atoms with van der Waals surface area (Å²) in [6.45, 7) is 13.6. The van der Waals surface area contributed by atoms with E-state index in [2.05, 4.69) is 57.0 Å². The van der Waals surface area contributed by atoms with E-state index in [9.17, 15) is 4.79 Å². The van der Waals surface area contributed by atoms with Crippen molar-refractivity contribution in [3.8, 4) is 0 Å². The fraction of sp³-hybridized carbons (Fsp3) is 0.765. The van der Waals surface area contributed by atoms with Crippen LogP contribution in [0.5, 0.6) is 0 Å². The van der Waals surface area contributed by atoms with Crippen LogP contribution in [0.25, 0.3) is 0 Å². The molecule has 1 heterocycles. The van der Waals surface area contributed by atoms with Crippen LogP contribution in [-0.2, 0) is 6.42 Å². The normalized spacial score (nSPS) is 12.7. The van der Waals surface area contributed by atoms with Crippen molar-refractivity contribution >= 4 is 5.91 Å². The van der Waals surface area contributed by atoms with Gasteiger partial charge in [0.05, 0.1) is 5.54 Å². The highest BCUT2D eigenvalue weighted by Gasteiger charge is 2.46. The Labute approximate surface area is 134 Å². The predicted octanol–water partition coefficient (Wildman–Crippen LogP) is 3.26. The van der Waals surface area contributed by atoms with E-state index in [1.165, 1.54) is 0 Å². The number of aryl methyl sites for hydroxylation is 1. The lowest BCUT2D eigenvalue weighted by atomic mass is 9.73. The molecule has 0 aliphatic rings. The van der Waals surface area contributed by atoms with Crippen LogP contribution in [0.4, 0.5) is 0 Å². The van der Waals surface area contributed by atoms with Gasteiger partial charge in [-0.3, -0.25) is 9.69 Å². The van der Waals surface area contributed by atoms with E-state index in [0.717, 1.165) is 31.6 Å². The standard InChI is InChI=1S/C17H31N3O2/c1-8-13-12-14(19-22-13)15(21)18-16(5,6)17(9-2,10-3)20(7)11-4/h12H,8-11H2,1-7H3,(H,18,21). The first-order chi connectivity index (χ1) is 10.3. The fourth-order valence-corrected chi connectivity index (χ4v) is 3.50. The van der Waals surface area contributed by atoms with Crippen molar-refractivity contribution in [1.82, 2.24) is 15.4 Å². The molecule has 0 atom stereocenters. The molecule has 0 unspecified atom stereocenters. The lowest BCUT2D eigenvalue weighted by Crippen LogP contribution is -2.67. The number of rotatable bonds is 8. The first-order valence-electron chi connectivity index (χ1n) is 8.27. The summed E-state index contributed by atoms with van der Waals surface area (Å²) in [6, 6.07) is 1.72. The zero-order chi connectivity index (χ0) is 17.0. The number of carbonyl (C=O) groups is 1. The van der Waals surface area contributed by atoms with Crippen molar-refractivity contribution < 1.29 is 9.32 Å². The van der Waals surface area contributed by atoms with E-state index in [1.807, 2.05) is 6.92 Å². The summed E-state index contributed by atoms with van der Waals surface area (Å²) in [5, 5.41) is 7.03. The summed E-state index contributed by atoms with van der Waals surface area (Å²) in [7, 11) is 2.12. The first-order valence-corrected chi connectivity index (χ1v) is 8.27. The van der Waals surface area contributed by atoms with Crippen LogP contribution >= 0.6 is 0 Å². The molecule has 1 N–H and O–H groups in total. The van der Waals surface area contributed by atoms with Crippen LogP contribution in [0, 0.1) is 0 Å². The van der Waals surface area contributed by atoms with Gasteiger partial charge < -0.3 is 9.84 Å². The Morgan fingerprint density at radius 1 is 1.27 bits per heavy atom. The van der Waals surface area contributed by atoms with Gasteiger partial charge in [0.25, 0.3) is 5.91 Å². The molecule has 0 bridgehead atoms. The van der Waals surface area contributed by atoms with Crippen molar-refractivity contribution in [3.05, 3.63) is 17.5 Å². The first kappa shape index (κ1) is 18.7. The van der Waals surface area contributed by atoms with Crippen molar-refractivity contribution in [1.29, 1.82) is 0 Å². The minimum Gasteiger partial charge on any atom is -0.361 e. The number of nitrogens with zero attached hydrogens (tertiary/aromatic N) is 2. The number of aromatic nitrogens is 1. The van der Waals surface area contributed by atoms with Gasteiger partial charge in [-0.05, 0) is 40.3 Å². The summed E-state index contributed by atoms with van der Waals surface area (Å²) < 4.78 is 5.14. The van der Waals surface area contributed by atoms with Gasteiger partial charge in [0.15, 0.2) is 5.69 Å². The van der Waals surface area contributed by atoms with Gasteiger partial charge in [-0.25, -0.2) is 0 Å². The Morgan fingerprint density at radius 2 is 1.86 bits per heavy atom. The molecule has 0 spiro atoms. The highest BCUT2D eigenvalue weighted by atomic mass is 16.5. The molecular weight excluding hydrogens is 278 g/mol. The van der Waals surface area contributed by atoms with E-state index in [4.69, 9.17) is 4.52 Å². The van der Waals surface area contributed by atoms with Crippen LogP contribution in [0.3, 0.4) is 0 Å². The third-order valence-electron chi connectivity index (χ3n) is 5.10. The van der Waals surface area contributed by atoms with Crippen molar-refractivity contribution in [2.45, 2.75) is 71.9 Å². The maximum atomic E-state index is 12.5. The maximum Gasteiger partial charge on any atom is 0.273 e. The molecule has 1 aromatic heterocycles. The SMILES string of the molecule is CCc1cc(C(=O)NC(C)(C)C(CC)(CC)N(C)CC)no1. The second kappa shape index (κ2) is 7.27. The zero-order valence-electron chi connectivity index (χ0n) is 15.1.